The van der Waals surface area contributed by atoms with Crippen molar-refractivity contribution in [3.05, 3.63) is 29.8 Å². The third-order valence-electron chi connectivity index (χ3n) is 2.26. The standard InChI is InChI=1S/C12H13F3N2O3S/c13-12(14,15)21-6-5-16-11(20)17-9-4-2-1-3-8(9)7-10(18)19/h1-4H,5-7H2,(H,18,19)(H2,16,17,20). The second-order valence-electron chi connectivity index (χ2n) is 3.90. The Hall–Kier alpha value is -1.90. The Kier molecular flexibility index (Phi) is 6.35. The molecule has 116 valence electrons. The van der Waals surface area contributed by atoms with Crippen molar-refractivity contribution in [1.82, 2.24) is 5.32 Å². The molecule has 0 aliphatic heterocycles. The number of nitrogens with one attached hydrogen (secondary N) is 2. The lowest BCUT2D eigenvalue weighted by Gasteiger charge is -2.11. The van der Waals surface area contributed by atoms with Gasteiger partial charge in [-0.3, -0.25) is 4.79 Å². The van der Waals surface area contributed by atoms with E-state index >= 15 is 0 Å². The molecule has 0 saturated heterocycles. The number of benzene rings is 1. The molecule has 1 aromatic rings. The maximum atomic E-state index is 11.9. The molecule has 5 nitrogen and oxygen atoms in total. The maximum absolute atomic E-state index is 11.9. The summed E-state index contributed by atoms with van der Waals surface area (Å²) in [5, 5.41) is 13.4. The summed E-state index contributed by atoms with van der Waals surface area (Å²) in [4.78, 5) is 22.2. The van der Waals surface area contributed by atoms with Crippen LogP contribution >= 0.6 is 11.8 Å². The van der Waals surface area contributed by atoms with E-state index in [2.05, 4.69) is 10.6 Å². The number of para-hydroxylation sites is 1. The van der Waals surface area contributed by atoms with Gasteiger partial charge in [0.2, 0.25) is 0 Å². The molecule has 0 unspecified atom stereocenters. The van der Waals surface area contributed by atoms with Crippen LogP contribution in [0.5, 0.6) is 0 Å². The quantitative estimate of drug-likeness (QED) is 0.704. The molecule has 0 spiro atoms. The number of hydrogen-bond acceptors (Lipinski definition) is 3. The summed E-state index contributed by atoms with van der Waals surface area (Å²) < 4.78 is 35.6. The lowest BCUT2D eigenvalue weighted by atomic mass is 10.1. The van der Waals surface area contributed by atoms with Gasteiger partial charge in [0.05, 0.1) is 6.42 Å². The minimum absolute atomic E-state index is 0.156. The number of aliphatic carboxylic acids is 1. The van der Waals surface area contributed by atoms with Crippen molar-refractivity contribution in [3.8, 4) is 0 Å². The van der Waals surface area contributed by atoms with E-state index in [0.29, 0.717) is 11.3 Å². The summed E-state index contributed by atoms with van der Waals surface area (Å²) in [6, 6.07) is 5.61. The van der Waals surface area contributed by atoms with Crippen LogP contribution < -0.4 is 10.6 Å². The Bertz CT molecular complexity index is 509. The van der Waals surface area contributed by atoms with Crippen LogP contribution in [-0.4, -0.2) is 34.9 Å². The number of carboxylic acid groups (broad SMARTS) is 1. The molecule has 0 bridgehead atoms. The fraction of sp³-hybridized carbons (Fsp3) is 0.333. The number of thioether (sulfide) groups is 1. The molecule has 21 heavy (non-hydrogen) atoms. The summed E-state index contributed by atoms with van der Waals surface area (Å²) in [5.74, 6) is -1.35. The summed E-state index contributed by atoms with van der Waals surface area (Å²) in [6.07, 6.45) is -0.264. The van der Waals surface area contributed by atoms with Crippen LogP contribution in [0.2, 0.25) is 0 Å². The molecule has 9 heteroatoms. The van der Waals surface area contributed by atoms with Crippen molar-refractivity contribution in [2.45, 2.75) is 11.9 Å². The molecule has 0 aliphatic rings. The first-order valence-corrected chi connectivity index (χ1v) is 6.82. The molecule has 0 saturated carbocycles. The van der Waals surface area contributed by atoms with E-state index in [1.54, 1.807) is 18.2 Å². The van der Waals surface area contributed by atoms with Crippen molar-refractivity contribution in [1.29, 1.82) is 0 Å². The van der Waals surface area contributed by atoms with E-state index in [4.69, 9.17) is 5.11 Å². The predicted octanol–water partition coefficient (Wildman–Crippen LogP) is 2.69. The highest BCUT2D eigenvalue weighted by Crippen LogP contribution is 2.29. The minimum atomic E-state index is -4.33. The van der Waals surface area contributed by atoms with Gasteiger partial charge in [-0.05, 0) is 23.4 Å². The number of anilines is 1. The third kappa shape index (κ3) is 7.45. The van der Waals surface area contributed by atoms with Gasteiger partial charge < -0.3 is 15.7 Å². The fourth-order valence-electron chi connectivity index (χ4n) is 1.46. The molecule has 2 amide bonds. The van der Waals surface area contributed by atoms with E-state index < -0.39 is 17.5 Å². The van der Waals surface area contributed by atoms with E-state index in [1.807, 2.05) is 0 Å². The van der Waals surface area contributed by atoms with E-state index in [-0.39, 0.29) is 30.5 Å². The first kappa shape index (κ1) is 17.2. The smallest absolute Gasteiger partial charge is 0.441 e. The molecule has 0 fully saturated rings. The largest absolute Gasteiger partial charge is 0.481 e. The van der Waals surface area contributed by atoms with Crippen LogP contribution in [0.3, 0.4) is 0 Å². The first-order chi connectivity index (χ1) is 9.78. The number of alkyl halides is 3. The van der Waals surface area contributed by atoms with Crippen LogP contribution in [0.1, 0.15) is 5.56 Å². The molecular formula is C12H13F3N2O3S. The molecule has 0 aromatic heterocycles. The fourth-order valence-corrected chi connectivity index (χ4v) is 1.89. The number of urea groups is 1. The highest BCUT2D eigenvalue weighted by molar-refractivity contribution is 8.00. The molecule has 1 rings (SSSR count). The zero-order valence-electron chi connectivity index (χ0n) is 10.7. The average molecular weight is 322 g/mol. The molecule has 0 radical (unpaired) electrons. The Labute approximate surface area is 122 Å². The topological polar surface area (TPSA) is 78.4 Å². The van der Waals surface area contributed by atoms with Gasteiger partial charge in [0, 0.05) is 18.0 Å². The van der Waals surface area contributed by atoms with Gasteiger partial charge >= 0.3 is 17.5 Å². The summed E-state index contributed by atoms with van der Waals surface area (Å²) in [7, 11) is 0. The molecule has 3 N–H and O–H groups in total. The number of hydrogen-bond donors (Lipinski definition) is 3. The van der Waals surface area contributed by atoms with Crippen LogP contribution in [0.25, 0.3) is 0 Å². The zero-order valence-corrected chi connectivity index (χ0v) is 11.6. The van der Waals surface area contributed by atoms with Crippen molar-refractivity contribution >= 4 is 29.4 Å². The summed E-state index contributed by atoms with van der Waals surface area (Å²) in [5.41, 5.74) is -3.61. The van der Waals surface area contributed by atoms with Crippen molar-refractivity contribution in [3.63, 3.8) is 0 Å². The second-order valence-corrected chi connectivity index (χ2v) is 5.06. The monoisotopic (exact) mass is 322 g/mol. The minimum Gasteiger partial charge on any atom is -0.481 e. The molecule has 0 heterocycles. The highest BCUT2D eigenvalue weighted by Gasteiger charge is 2.27. The molecule has 0 atom stereocenters. The van der Waals surface area contributed by atoms with Gasteiger partial charge in [-0.2, -0.15) is 13.2 Å². The number of rotatable bonds is 6. The third-order valence-corrected chi connectivity index (χ3v) is 3.00. The lowest BCUT2D eigenvalue weighted by molar-refractivity contribution is -0.136. The number of carboxylic acids is 1. The molecule has 1 aromatic carbocycles. The Balaban J connectivity index is 2.46. The Morgan fingerprint density at radius 3 is 2.52 bits per heavy atom. The normalized spacial score (nSPS) is 11.0. The Morgan fingerprint density at radius 1 is 1.24 bits per heavy atom. The van der Waals surface area contributed by atoms with Crippen molar-refractivity contribution < 1.29 is 27.9 Å². The van der Waals surface area contributed by atoms with Gasteiger partial charge in [0.1, 0.15) is 0 Å². The summed E-state index contributed by atoms with van der Waals surface area (Å²) in [6.45, 7) is -0.156. The van der Waals surface area contributed by atoms with Crippen LogP contribution in [-0.2, 0) is 11.2 Å². The first-order valence-electron chi connectivity index (χ1n) is 5.83. The van der Waals surface area contributed by atoms with Gasteiger partial charge in [0.15, 0.2) is 0 Å². The molecule has 0 aliphatic carbocycles. The van der Waals surface area contributed by atoms with Gasteiger partial charge in [0.25, 0.3) is 0 Å². The van der Waals surface area contributed by atoms with Crippen LogP contribution in [0.15, 0.2) is 24.3 Å². The van der Waals surface area contributed by atoms with E-state index in [9.17, 15) is 22.8 Å². The van der Waals surface area contributed by atoms with Gasteiger partial charge in [-0.25, -0.2) is 4.79 Å². The zero-order chi connectivity index (χ0) is 15.9. The van der Waals surface area contributed by atoms with Gasteiger partial charge in [-0.1, -0.05) is 18.2 Å². The number of halogens is 3. The number of carbonyl (C=O) groups is 2. The second kappa shape index (κ2) is 7.77. The van der Waals surface area contributed by atoms with Crippen molar-refractivity contribution in [2.24, 2.45) is 0 Å². The van der Waals surface area contributed by atoms with E-state index in [1.165, 1.54) is 6.07 Å². The van der Waals surface area contributed by atoms with Crippen molar-refractivity contribution in [2.75, 3.05) is 17.6 Å². The average Bonchev–Trinajstić information content (AvgIpc) is 2.35. The van der Waals surface area contributed by atoms with Crippen LogP contribution in [0.4, 0.5) is 23.7 Å². The predicted molar refractivity (Wildman–Crippen MR) is 73.3 cm³/mol. The Morgan fingerprint density at radius 2 is 1.90 bits per heavy atom. The maximum Gasteiger partial charge on any atom is 0.441 e. The highest BCUT2D eigenvalue weighted by atomic mass is 32.2. The molecular weight excluding hydrogens is 309 g/mol. The SMILES string of the molecule is O=C(O)Cc1ccccc1NC(=O)NCCSC(F)(F)F. The number of amides is 2. The van der Waals surface area contributed by atoms with E-state index in [0.717, 1.165) is 0 Å². The van der Waals surface area contributed by atoms with Gasteiger partial charge in [-0.15, -0.1) is 0 Å². The number of carbonyl (C=O) groups excluding carboxylic acids is 1. The van der Waals surface area contributed by atoms with Crippen LogP contribution in [0, 0.1) is 0 Å². The summed E-state index contributed by atoms with van der Waals surface area (Å²) >= 11 is -0.227. The lowest BCUT2D eigenvalue weighted by Crippen LogP contribution is -2.31.